The lowest BCUT2D eigenvalue weighted by atomic mass is 10.0. The molecule has 1 atom stereocenters. The van der Waals surface area contributed by atoms with E-state index in [4.69, 9.17) is 0 Å². The number of nitrogens with one attached hydrogen (secondary N) is 1. The Kier molecular flexibility index (Phi) is 5.85. The maximum Gasteiger partial charge on any atom is 0.216 e. The number of Topliss-reactive ketones (excluding diaryl/α,β-unsaturated/α-hetero) is 1. The number of aryl methyl sites for hydroxylation is 1. The Morgan fingerprint density at radius 1 is 1.22 bits per heavy atom. The van der Waals surface area contributed by atoms with Crippen LogP contribution in [0.5, 0.6) is 0 Å². The van der Waals surface area contributed by atoms with Gasteiger partial charge in [-0.1, -0.05) is 36.0 Å². The SMILES string of the molecule is CC(=O)NCCc1ccc(C(=O)C(C)Sc2ncnc3c2cnn3C)cc1. The second kappa shape index (κ2) is 8.30. The van der Waals surface area contributed by atoms with Gasteiger partial charge in [0.05, 0.1) is 16.8 Å². The molecule has 7 nitrogen and oxygen atoms in total. The molecule has 0 bridgehead atoms. The zero-order valence-corrected chi connectivity index (χ0v) is 16.3. The van der Waals surface area contributed by atoms with Crippen LogP contribution in [-0.4, -0.2) is 43.2 Å². The van der Waals surface area contributed by atoms with Gasteiger partial charge in [0.1, 0.15) is 11.4 Å². The molecule has 1 N–H and O–H groups in total. The minimum Gasteiger partial charge on any atom is -0.356 e. The predicted molar refractivity (Wildman–Crippen MR) is 105 cm³/mol. The number of nitrogens with zero attached hydrogens (tertiary/aromatic N) is 4. The fourth-order valence-corrected chi connectivity index (χ4v) is 3.67. The van der Waals surface area contributed by atoms with Crippen LogP contribution in [0.1, 0.15) is 29.8 Å². The third-order valence-corrected chi connectivity index (χ3v) is 5.29. The Morgan fingerprint density at radius 2 is 1.96 bits per heavy atom. The first-order chi connectivity index (χ1) is 13.0. The van der Waals surface area contributed by atoms with Gasteiger partial charge in [0.2, 0.25) is 5.91 Å². The van der Waals surface area contributed by atoms with Crippen molar-refractivity contribution in [2.24, 2.45) is 7.05 Å². The van der Waals surface area contributed by atoms with Gasteiger partial charge in [-0.2, -0.15) is 5.10 Å². The van der Waals surface area contributed by atoms with Crippen molar-refractivity contribution in [2.75, 3.05) is 6.54 Å². The van der Waals surface area contributed by atoms with Gasteiger partial charge in [-0.3, -0.25) is 14.3 Å². The highest BCUT2D eigenvalue weighted by molar-refractivity contribution is 8.00. The molecule has 1 amide bonds. The summed E-state index contributed by atoms with van der Waals surface area (Å²) in [5.74, 6) is 0.00385. The molecule has 2 aromatic heterocycles. The van der Waals surface area contributed by atoms with E-state index in [1.165, 1.54) is 25.0 Å². The van der Waals surface area contributed by atoms with Crippen LogP contribution in [0.2, 0.25) is 0 Å². The summed E-state index contributed by atoms with van der Waals surface area (Å²) in [6.45, 7) is 3.96. The Bertz CT molecular complexity index is 968. The molecule has 1 unspecified atom stereocenters. The van der Waals surface area contributed by atoms with E-state index < -0.39 is 0 Å². The minimum atomic E-state index is -0.284. The first-order valence-electron chi connectivity index (χ1n) is 8.62. The standard InChI is InChI=1S/C19H21N5O2S/c1-12(27-19-16-10-23-24(3)18(16)21-11-22-19)17(26)15-6-4-14(5-7-15)8-9-20-13(2)25/h4-7,10-12H,8-9H2,1-3H3,(H,20,25). The van der Waals surface area contributed by atoms with Crippen molar-refractivity contribution in [1.82, 2.24) is 25.1 Å². The molecule has 0 saturated heterocycles. The lowest BCUT2D eigenvalue weighted by molar-refractivity contribution is -0.118. The van der Waals surface area contributed by atoms with E-state index in [1.54, 1.807) is 10.9 Å². The van der Waals surface area contributed by atoms with Gasteiger partial charge in [0.25, 0.3) is 0 Å². The van der Waals surface area contributed by atoms with E-state index in [0.717, 1.165) is 28.0 Å². The number of hydrogen-bond donors (Lipinski definition) is 1. The number of rotatable bonds is 7. The molecule has 0 spiro atoms. The van der Waals surface area contributed by atoms with Crippen molar-refractivity contribution in [3.8, 4) is 0 Å². The zero-order chi connectivity index (χ0) is 19.4. The van der Waals surface area contributed by atoms with Gasteiger partial charge in [-0.05, 0) is 18.9 Å². The average molecular weight is 383 g/mol. The Balaban J connectivity index is 1.67. The van der Waals surface area contributed by atoms with Crippen molar-refractivity contribution in [2.45, 2.75) is 30.5 Å². The van der Waals surface area contributed by atoms with E-state index in [9.17, 15) is 9.59 Å². The Morgan fingerprint density at radius 3 is 2.67 bits per heavy atom. The number of carbonyl (C=O) groups is 2. The van der Waals surface area contributed by atoms with Crippen molar-refractivity contribution >= 4 is 34.5 Å². The van der Waals surface area contributed by atoms with Crippen LogP contribution in [0.25, 0.3) is 11.0 Å². The molecule has 0 saturated carbocycles. The van der Waals surface area contributed by atoms with Crippen molar-refractivity contribution < 1.29 is 9.59 Å². The highest BCUT2D eigenvalue weighted by Gasteiger charge is 2.19. The van der Waals surface area contributed by atoms with E-state index in [2.05, 4.69) is 20.4 Å². The highest BCUT2D eigenvalue weighted by atomic mass is 32.2. The number of benzene rings is 1. The second-order valence-corrected chi connectivity index (χ2v) is 7.57. The monoisotopic (exact) mass is 383 g/mol. The van der Waals surface area contributed by atoms with Gasteiger partial charge in [0.15, 0.2) is 11.4 Å². The average Bonchev–Trinajstić information content (AvgIpc) is 3.03. The van der Waals surface area contributed by atoms with Gasteiger partial charge in [0, 0.05) is 26.1 Å². The van der Waals surface area contributed by atoms with E-state index in [0.29, 0.717) is 12.1 Å². The summed E-state index contributed by atoms with van der Waals surface area (Å²) in [6, 6.07) is 7.52. The maximum absolute atomic E-state index is 12.8. The lowest BCUT2D eigenvalue weighted by Crippen LogP contribution is -2.22. The normalized spacial score (nSPS) is 12.1. The van der Waals surface area contributed by atoms with Gasteiger partial charge in [-0.25, -0.2) is 9.97 Å². The molecule has 3 aromatic rings. The fourth-order valence-electron chi connectivity index (χ4n) is 2.71. The number of aromatic nitrogens is 4. The van der Waals surface area contributed by atoms with E-state index in [1.807, 2.05) is 38.2 Å². The van der Waals surface area contributed by atoms with Crippen LogP contribution >= 0.6 is 11.8 Å². The van der Waals surface area contributed by atoms with Crippen LogP contribution in [0, 0.1) is 0 Å². The van der Waals surface area contributed by atoms with Gasteiger partial charge in [-0.15, -0.1) is 0 Å². The molecule has 0 aliphatic rings. The molecule has 8 heteroatoms. The van der Waals surface area contributed by atoms with Crippen LogP contribution < -0.4 is 5.32 Å². The molecule has 0 fully saturated rings. The topological polar surface area (TPSA) is 89.8 Å². The largest absolute Gasteiger partial charge is 0.356 e. The minimum absolute atomic E-state index is 0.0416. The number of carbonyl (C=O) groups excluding carboxylic acids is 2. The Labute approximate surface area is 161 Å². The summed E-state index contributed by atoms with van der Waals surface area (Å²) in [5.41, 5.74) is 2.49. The molecule has 1 aromatic carbocycles. The number of thioether (sulfide) groups is 1. The first-order valence-corrected chi connectivity index (χ1v) is 9.50. The molecule has 3 rings (SSSR count). The van der Waals surface area contributed by atoms with E-state index in [-0.39, 0.29) is 16.9 Å². The zero-order valence-electron chi connectivity index (χ0n) is 15.5. The van der Waals surface area contributed by atoms with Crippen molar-refractivity contribution in [3.05, 3.63) is 47.9 Å². The molecule has 0 radical (unpaired) electrons. The first kappa shape index (κ1) is 19.0. The van der Waals surface area contributed by atoms with Crippen LogP contribution in [0.4, 0.5) is 0 Å². The van der Waals surface area contributed by atoms with Gasteiger partial charge < -0.3 is 5.32 Å². The summed E-state index contributed by atoms with van der Waals surface area (Å²) in [6.07, 6.45) is 3.95. The maximum atomic E-state index is 12.8. The second-order valence-electron chi connectivity index (χ2n) is 6.24. The molecule has 0 aliphatic carbocycles. The summed E-state index contributed by atoms with van der Waals surface area (Å²) in [4.78, 5) is 32.2. The molecule has 140 valence electrons. The smallest absolute Gasteiger partial charge is 0.216 e. The number of hydrogen-bond acceptors (Lipinski definition) is 6. The number of amides is 1. The molecule has 2 heterocycles. The third kappa shape index (κ3) is 4.51. The lowest BCUT2D eigenvalue weighted by Gasteiger charge is -2.11. The van der Waals surface area contributed by atoms with Crippen molar-refractivity contribution in [3.63, 3.8) is 0 Å². The van der Waals surface area contributed by atoms with Gasteiger partial charge >= 0.3 is 0 Å². The molecule has 27 heavy (non-hydrogen) atoms. The third-order valence-electron chi connectivity index (χ3n) is 4.18. The summed E-state index contributed by atoms with van der Waals surface area (Å²) < 4.78 is 1.69. The Hall–Kier alpha value is -2.74. The highest BCUT2D eigenvalue weighted by Crippen LogP contribution is 2.29. The predicted octanol–water partition coefficient (Wildman–Crippen LogP) is 2.41. The van der Waals surface area contributed by atoms with Crippen LogP contribution in [0.3, 0.4) is 0 Å². The van der Waals surface area contributed by atoms with E-state index >= 15 is 0 Å². The molecular formula is C19H21N5O2S. The molecular weight excluding hydrogens is 362 g/mol. The summed E-state index contributed by atoms with van der Waals surface area (Å²) in [7, 11) is 1.83. The summed E-state index contributed by atoms with van der Waals surface area (Å²) in [5, 5.41) is 8.28. The fraction of sp³-hybridized carbons (Fsp3) is 0.316. The van der Waals surface area contributed by atoms with Crippen LogP contribution in [0.15, 0.2) is 41.8 Å². The van der Waals surface area contributed by atoms with Crippen molar-refractivity contribution in [1.29, 1.82) is 0 Å². The quantitative estimate of drug-likeness (QED) is 0.383. The van der Waals surface area contributed by atoms with Crippen LogP contribution in [-0.2, 0) is 18.3 Å². The molecule has 0 aliphatic heterocycles. The number of fused-ring (bicyclic) bond motifs is 1. The number of ketones is 1. The summed E-state index contributed by atoms with van der Waals surface area (Å²) >= 11 is 1.41.